The summed E-state index contributed by atoms with van der Waals surface area (Å²) in [6, 6.07) is 14.6. The van der Waals surface area contributed by atoms with Crippen LogP contribution in [0.2, 0.25) is 0 Å². The van der Waals surface area contributed by atoms with Gasteiger partial charge in [-0.2, -0.15) is 4.98 Å². The third-order valence-electron chi connectivity index (χ3n) is 9.80. The number of hydrogen-bond donors (Lipinski definition) is 2. The molecule has 2 amide bonds. The average Bonchev–Trinajstić information content (AvgIpc) is 3.19. The van der Waals surface area contributed by atoms with Crippen LogP contribution in [0.1, 0.15) is 47.3 Å². The molecule has 0 radical (unpaired) electrons. The van der Waals surface area contributed by atoms with Gasteiger partial charge in [-0.15, -0.1) is 0 Å². The lowest BCUT2D eigenvalue weighted by Gasteiger charge is -2.32. The first-order chi connectivity index (χ1) is 27.1. The SMILES string of the molecule is CCN(CC)C(=O)Cc1ccc(Oc2nc(Nc3cc(OC)c(OC)c(OCCCN4CCN(C)CC4)c3)ncc2C(=O)Nc2c(C)cccc2C)c(OC)c1. The highest BCUT2D eigenvalue weighted by atomic mass is 16.5. The van der Waals surface area contributed by atoms with Crippen LogP contribution < -0.4 is 34.3 Å². The fourth-order valence-electron chi connectivity index (χ4n) is 6.51. The van der Waals surface area contributed by atoms with Gasteiger partial charge in [-0.25, -0.2) is 4.98 Å². The van der Waals surface area contributed by atoms with Gasteiger partial charge in [0.05, 0.1) is 34.4 Å². The van der Waals surface area contributed by atoms with Crippen LogP contribution in [0.15, 0.2) is 54.7 Å². The lowest BCUT2D eigenvalue weighted by atomic mass is 10.1. The summed E-state index contributed by atoms with van der Waals surface area (Å²) in [4.78, 5) is 42.5. The summed E-state index contributed by atoms with van der Waals surface area (Å²) in [5, 5.41) is 6.23. The van der Waals surface area contributed by atoms with Crippen LogP contribution in [0.3, 0.4) is 0 Å². The number of piperazine rings is 1. The van der Waals surface area contributed by atoms with Crippen LogP contribution in [-0.4, -0.2) is 117 Å². The molecular formula is C42H55N7O7. The summed E-state index contributed by atoms with van der Waals surface area (Å²) in [5.74, 6) is 1.79. The van der Waals surface area contributed by atoms with E-state index in [0.29, 0.717) is 59.8 Å². The van der Waals surface area contributed by atoms with E-state index in [0.717, 1.165) is 55.8 Å². The van der Waals surface area contributed by atoms with Gasteiger partial charge in [0.1, 0.15) is 5.56 Å². The molecule has 300 valence electrons. The Bertz CT molecular complexity index is 1940. The van der Waals surface area contributed by atoms with Crippen LogP contribution in [0.4, 0.5) is 17.3 Å². The molecule has 1 aliphatic rings. The number of carbonyl (C=O) groups excluding carboxylic acids is 2. The van der Waals surface area contributed by atoms with E-state index in [9.17, 15) is 9.59 Å². The first-order valence-electron chi connectivity index (χ1n) is 19.0. The molecule has 0 aliphatic carbocycles. The molecule has 1 saturated heterocycles. The lowest BCUT2D eigenvalue weighted by molar-refractivity contribution is -0.130. The number of para-hydroxylation sites is 1. The summed E-state index contributed by atoms with van der Waals surface area (Å²) in [6.45, 7) is 14.6. The van der Waals surface area contributed by atoms with Crippen molar-refractivity contribution in [3.63, 3.8) is 0 Å². The predicted octanol–water partition coefficient (Wildman–Crippen LogP) is 6.33. The number of nitrogens with one attached hydrogen (secondary N) is 2. The van der Waals surface area contributed by atoms with Gasteiger partial charge in [-0.3, -0.25) is 9.59 Å². The van der Waals surface area contributed by atoms with Crippen molar-refractivity contribution in [3.8, 4) is 34.6 Å². The van der Waals surface area contributed by atoms with Gasteiger partial charge in [-0.05, 0) is 70.0 Å². The van der Waals surface area contributed by atoms with Crippen LogP contribution in [-0.2, 0) is 11.2 Å². The molecule has 3 aromatic carbocycles. The Morgan fingerprint density at radius 2 is 1.55 bits per heavy atom. The van der Waals surface area contributed by atoms with Crippen molar-refractivity contribution in [1.82, 2.24) is 24.7 Å². The fourth-order valence-corrected chi connectivity index (χ4v) is 6.51. The Balaban J connectivity index is 1.43. The van der Waals surface area contributed by atoms with E-state index in [1.807, 2.05) is 45.9 Å². The Labute approximate surface area is 330 Å². The van der Waals surface area contributed by atoms with Gasteiger partial charge in [0.25, 0.3) is 5.91 Å². The van der Waals surface area contributed by atoms with Gasteiger partial charge in [-0.1, -0.05) is 24.3 Å². The first-order valence-corrected chi connectivity index (χ1v) is 19.0. The summed E-state index contributed by atoms with van der Waals surface area (Å²) >= 11 is 0. The van der Waals surface area contributed by atoms with Gasteiger partial charge >= 0.3 is 0 Å². The Morgan fingerprint density at radius 1 is 0.857 bits per heavy atom. The highest BCUT2D eigenvalue weighted by Gasteiger charge is 2.22. The number of likely N-dealkylation sites (N-methyl/N-ethyl adjacent to an activating group) is 2. The number of anilines is 3. The molecule has 4 aromatic rings. The molecule has 0 saturated carbocycles. The molecule has 2 N–H and O–H groups in total. The van der Waals surface area contributed by atoms with Crippen molar-refractivity contribution in [2.75, 3.05) is 91.4 Å². The van der Waals surface area contributed by atoms with Crippen molar-refractivity contribution >= 4 is 29.1 Å². The zero-order valence-electron chi connectivity index (χ0n) is 33.9. The second-order valence-electron chi connectivity index (χ2n) is 13.6. The minimum Gasteiger partial charge on any atom is -0.493 e. The van der Waals surface area contributed by atoms with Gasteiger partial charge in [0, 0.05) is 75.5 Å². The minimum absolute atomic E-state index is 0.0112. The summed E-state index contributed by atoms with van der Waals surface area (Å²) in [7, 11) is 6.79. The van der Waals surface area contributed by atoms with E-state index >= 15 is 0 Å². The molecule has 0 bridgehead atoms. The van der Waals surface area contributed by atoms with E-state index in [2.05, 4.69) is 37.4 Å². The first kappa shape index (κ1) is 41.6. The van der Waals surface area contributed by atoms with E-state index in [1.165, 1.54) is 13.3 Å². The topological polar surface area (TPSA) is 140 Å². The zero-order chi connectivity index (χ0) is 40.2. The standard InChI is InChI=1S/C42H55N7O7/c1-9-49(10-2)37(50)24-30-15-16-33(34(23-30)52-6)56-41-32(40(51)45-38-28(3)13-11-14-29(38)4)27-43-42(46-41)44-31-25-35(53-7)39(54-8)36(26-31)55-22-12-17-48-20-18-47(5)19-21-48/h11,13-16,23,25-27H,9-10,12,17-22,24H2,1-8H3,(H,45,51)(H,43,44,46). The van der Waals surface area contributed by atoms with Gasteiger partial charge in [0.2, 0.25) is 23.5 Å². The number of ether oxygens (including phenoxy) is 5. The largest absolute Gasteiger partial charge is 0.493 e. The fraction of sp³-hybridized carbons (Fsp3) is 0.429. The molecular weight excluding hydrogens is 715 g/mol. The number of carbonyl (C=O) groups is 2. The summed E-state index contributed by atoms with van der Waals surface area (Å²) < 4.78 is 29.6. The van der Waals surface area contributed by atoms with E-state index in [-0.39, 0.29) is 29.7 Å². The monoisotopic (exact) mass is 769 g/mol. The maximum Gasteiger partial charge on any atom is 0.262 e. The van der Waals surface area contributed by atoms with Gasteiger partial charge in [0.15, 0.2) is 23.0 Å². The molecule has 1 fully saturated rings. The molecule has 1 aliphatic heterocycles. The zero-order valence-corrected chi connectivity index (χ0v) is 33.9. The molecule has 0 unspecified atom stereocenters. The van der Waals surface area contributed by atoms with Crippen molar-refractivity contribution < 1.29 is 33.3 Å². The lowest BCUT2D eigenvalue weighted by Crippen LogP contribution is -2.44. The van der Waals surface area contributed by atoms with Crippen molar-refractivity contribution in [2.45, 2.75) is 40.5 Å². The molecule has 2 heterocycles. The smallest absolute Gasteiger partial charge is 0.262 e. The number of amides is 2. The minimum atomic E-state index is -0.456. The number of rotatable bonds is 18. The molecule has 14 nitrogen and oxygen atoms in total. The second-order valence-corrected chi connectivity index (χ2v) is 13.6. The quantitative estimate of drug-likeness (QED) is 0.109. The molecule has 5 rings (SSSR count). The third kappa shape index (κ3) is 10.6. The maximum atomic E-state index is 13.9. The number of methoxy groups -OCH3 is 3. The van der Waals surface area contributed by atoms with Crippen molar-refractivity contribution in [2.24, 2.45) is 0 Å². The maximum absolute atomic E-state index is 13.9. The molecule has 1 aromatic heterocycles. The molecule has 14 heteroatoms. The summed E-state index contributed by atoms with van der Waals surface area (Å²) in [6.07, 6.45) is 2.46. The summed E-state index contributed by atoms with van der Waals surface area (Å²) in [5.41, 5.74) is 3.92. The van der Waals surface area contributed by atoms with Gasteiger partial charge < -0.3 is 49.0 Å². The Morgan fingerprint density at radius 3 is 2.21 bits per heavy atom. The van der Waals surface area contributed by atoms with Crippen molar-refractivity contribution in [3.05, 3.63) is 77.0 Å². The van der Waals surface area contributed by atoms with Crippen LogP contribution in [0.5, 0.6) is 34.6 Å². The van der Waals surface area contributed by atoms with Crippen LogP contribution in [0, 0.1) is 13.8 Å². The molecule has 0 atom stereocenters. The normalized spacial score (nSPS) is 13.1. The second kappa shape index (κ2) is 19.8. The number of aryl methyl sites for hydroxylation is 2. The number of aromatic nitrogens is 2. The molecule has 0 spiro atoms. The Hall–Kier alpha value is -5.60. The number of nitrogens with zero attached hydrogens (tertiary/aromatic N) is 5. The Kier molecular flexibility index (Phi) is 14.7. The van der Waals surface area contributed by atoms with E-state index < -0.39 is 5.91 Å². The number of hydrogen-bond acceptors (Lipinski definition) is 12. The number of benzene rings is 3. The molecule has 56 heavy (non-hydrogen) atoms. The highest BCUT2D eigenvalue weighted by molar-refractivity contribution is 6.06. The van der Waals surface area contributed by atoms with Crippen LogP contribution in [0.25, 0.3) is 0 Å². The van der Waals surface area contributed by atoms with E-state index in [4.69, 9.17) is 23.7 Å². The predicted molar refractivity (Wildman–Crippen MR) is 217 cm³/mol. The van der Waals surface area contributed by atoms with E-state index in [1.54, 1.807) is 49.5 Å². The van der Waals surface area contributed by atoms with Crippen molar-refractivity contribution in [1.29, 1.82) is 0 Å². The third-order valence-corrected chi connectivity index (χ3v) is 9.80. The highest BCUT2D eigenvalue weighted by Crippen LogP contribution is 2.41. The average molecular weight is 770 g/mol. The van der Waals surface area contributed by atoms with Crippen LogP contribution >= 0.6 is 0 Å².